The summed E-state index contributed by atoms with van der Waals surface area (Å²) in [5.74, 6) is -1.49. The molecule has 0 saturated carbocycles. The molecule has 1 heterocycles. The molecular formula is C21H18BrNO3. The van der Waals surface area contributed by atoms with Crippen molar-refractivity contribution in [2.24, 2.45) is 0 Å². The first-order chi connectivity index (χ1) is 12.4. The number of Topliss-reactive ketones (excluding diaryl/α,β-unsaturated/α-hetero) is 1. The van der Waals surface area contributed by atoms with E-state index in [1.54, 1.807) is 30.3 Å². The normalized spacial score (nSPS) is 19.0. The van der Waals surface area contributed by atoms with Crippen molar-refractivity contribution in [3.63, 3.8) is 0 Å². The average molecular weight is 412 g/mol. The van der Waals surface area contributed by atoms with Gasteiger partial charge >= 0.3 is 0 Å². The van der Waals surface area contributed by atoms with Crippen LogP contribution in [0.2, 0.25) is 0 Å². The number of carbonyl (C=O) groups excluding carboxylic acids is 2. The van der Waals surface area contributed by atoms with Crippen LogP contribution in [0.25, 0.3) is 5.76 Å². The average Bonchev–Trinajstić information content (AvgIpc) is 2.88. The Balaban J connectivity index is 2.18. The second-order valence-electron chi connectivity index (χ2n) is 6.16. The van der Waals surface area contributed by atoms with Gasteiger partial charge in [0.2, 0.25) is 0 Å². The number of aryl methyl sites for hydroxylation is 1. The van der Waals surface area contributed by atoms with Gasteiger partial charge in [-0.25, -0.2) is 0 Å². The van der Waals surface area contributed by atoms with Crippen LogP contribution in [-0.2, 0) is 9.59 Å². The van der Waals surface area contributed by atoms with Crippen molar-refractivity contribution in [3.05, 3.63) is 87.9 Å². The van der Waals surface area contributed by atoms with E-state index in [2.05, 4.69) is 22.5 Å². The molecule has 0 unspecified atom stereocenters. The Morgan fingerprint density at radius 3 is 2.35 bits per heavy atom. The van der Waals surface area contributed by atoms with Crippen LogP contribution >= 0.6 is 15.9 Å². The third kappa shape index (κ3) is 3.22. The minimum absolute atomic E-state index is 0.100. The predicted octanol–water partition coefficient (Wildman–Crippen LogP) is 4.37. The quantitative estimate of drug-likeness (QED) is 0.351. The molecule has 132 valence electrons. The molecule has 1 amide bonds. The summed E-state index contributed by atoms with van der Waals surface area (Å²) >= 11 is 3.35. The van der Waals surface area contributed by atoms with Crippen LogP contribution in [0.5, 0.6) is 0 Å². The molecule has 0 aromatic heterocycles. The number of likely N-dealkylation sites (tertiary alicyclic amines) is 1. The molecule has 1 aliphatic heterocycles. The van der Waals surface area contributed by atoms with E-state index in [-0.39, 0.29) is 17.9 Å². The summed E-state index contributed by atoms with van der Waals surface area (Å²) in [5.41, 5.74) is 2.43. The lowest BCUT2D eigenvalue weighted by Crippen LogP contribution is -2.29. The lowest BCUT2D eigenvalue weighted by atomic mass is 9.95. The monoisotopic (exact) mass is 411 g/mol. The summed E-state index contributed by atoms with van der Waals surface area (Å²) in [5, 5.41) is 10.8. The van der Waals surface area contributed by atoms with Gasteiger partial charge in [-0.2, -0.15) is 0 Å². The van der Waals surface area contributed by atoms with E-state index in [1.807, 2.05) is 31.2 Å². The smallest absolute Gasteiger partial charge is 0.295 e. The Hall–Kier alpha value is -2.66. The Bertz CT molecular complexity index is 898. The van der Waals surface area contributed by atoms with Gasteiger partial charge in [-0.3, -0.25) is 9.59 Å². The Kier molecular flexibility index (Phi) is 5.09. The van der Waals surface area contributed by atoms with E-state index >= 15 is 0 Å². The zero-order valence-electron chi connectivity index (χ0n) is 14.3. The highest BCUT2D eigenvalue weighted by molar-refractivity contribution is 9.10. The highest BCUT2D eigenvalue weighted by Gasteiger charge is 2.45. The molecule has 0 aliphatic carbocycles. The van der Waals surface area contributed by atoms with Gasteiger partial charge in [0.05, 0.1) is 11.6 Å². The van der Waals surface area contributed by atoms with Gasteiger partial charge in [0.1, 0.15) is 5.76 Å². The number of benzene rings is 2. The first-order valence-corrected chi connectivity index (χ1v) is 8.95. The molecular weight excluding hydrogens is 394 g/mol. The lowest BCUT2D eigenvalue weighted by Gasteiger charge is -2.24. The minimum Gasteiger partial charge on any atom is -0.507 e. The zero-order valence-corrected chi connectivity index (χ0v) is 15.9. The molecule has 4 nitrogen and oxygen atoms in total. The number of carbonyl (C=O) groups is 2. The zero-order chi connectivity index (χ0) is 18.8. The molecule has 1 atom stereocenters. The van der Waals surface area contributed by atoms with Crippen LogP contribution in [0.4, 0.5) is 0 Å². The van der Waals surface area contributed by atoms with Gasteiger partial charge in [-0.1, -0.05) is 64.0 Å². The summed E-state index contributed by atoms with van der Waals surface area (Å²) in [6.07, 6.45) is 1.58. The number of hydrogen-bond donors (Lipinski definition) is 1. The maximum atomic E-state index is 12.7. The van der Waals surface area contributed by atoms with Gasteiger partial charge in [-0.15, -0.1) is 6.58 Å². The number of nitrogens with zero attached hydrogens (tertiary/aromatic N) is 1. The van der Waals surface area contributed by atoms with E-state index in [1.165, 1.54) is 4.90 Å². The highest BCUT2D eigenvalue weighted by Crippen LogP contribution is 2.39. The van der Waals surface area contributed by atoms with Gasteiger partial charge in [0.25, 0.3) is 11.7 Å². The van der Waals surface area contributed by atoms with Crippen LogP contribution in [0.1, 0.15) is 22.7 Å². The van der Waals surface area contributed by atoms with E-state index < -0.39 is 17.7 Å². The molecule has 1 saturated heterocycles. The number of hydrogen-bond acceptors (Lipinski definition) is 3. The van der Waals surface area contributed by atoms with Crippen molar-refractivity contribution in [2.75, 3.05) is 6.54 Å². The third-order valence-electron chi connectivity index (χ3n) is 4.38. The fraction of sp³-hybridized carbons (Fsp3) is 0.143. The first kappa shape index (κ1) is 18.1. The standard InChI is InChI=1S/C21H18BrNO3/c1-3-12-23-18(14-6-4-13(2)5-7-14)17(20(25)21(23)26)19(24)15-8-10-16(22)11-9-15/h3-11,18,24H,1,12H2,2H3/b19-17+/t18-/m0/s1. The molecule has 0 bridgehead atoms. The molecule has 1 aliphatic rings. The van der Waals surface area contributed by atoms with Crippen molar-refractivity contribution < 1.29 is 14.7 Å². The molecule has 26 heavy (non-hydrogen) atoms. The van der Waals surface area contributed by atoms with Crippen LogP contribution in [-0.4, -0.2) is 28.2 Å². The fourth-order valence-corrected chi connectivity index (χ4v) is 3.33. The first-order valence-electron chi connectivity index (χ1n) is 8.16. The predicted molar refractivity (Wildman–Crippen MR) is 105 cm³/mol. The highest BCUT2D eigenvalue weighted by atomic mass is 79.9. The van der Waals surface area contributed by atoms with Gasteiger partial charge in [0, 0.05) is 16.6 Å². The molecule has 2 aromatic rings. The summed E-state index contributed by atoms with van der Waals surface area (Å²) in [7, 11) is 0. The van der Waals surface area contributed by atoms with Crippen molar-refractivity contribution in [3.8, 4) is 0 Å². The summed E-state index contributed by atoms with van der Waals surface area (Å²) in [6, 6.07) is 13.9. The molecule has 5 heteroatoms. The fourth-order valence-electron chi connectivity index (χ4n) is 3.07. The SMILES string of the molecule is C=CCN1C(=O)C(=O)/C(=C(/O)c2ccc(Br)cc2)[C@@H]1c1ccc(C)cc1. The Labute approximate surface area is 160 Å². The van der Waals surface area contributed by atoms with Gasteiger partial charge in [-0.05, 0) is 24.6 Å². The number of amides is 1. The van der Waals surface area contributed by atoms with Crippen LogP contribution in [0.15, 0.2) is 71.2 Å². The molecule has 1 fully saturated rings. The van der Waals surface area contributed by atoms with Crippen molar-refractivity contribution in [1.82, 2.24) is 4.90 Å². The molecule has 2 aromatic carbocycles. The molecule has 0 spiro atoms. The maximum Gasteiger partial charge on any atom is 0.295 e. The number of aliphatic hydroxyl groups excluding tert-OH is 1. The van der Waals surface area contributed by atoms with E-state index in [4.69, 9.17) is 0 Å². The molecule has 3 rings (SSSR count). The largest absolute Gasteiger partial charge is 0.507 e. The summed E-state index contributed by atoms with van der Waals surface area (Å²) in [4.78, 5) is 26.6. The second kappa shape index (κ2) is 7.30. The van der Waals surface area contributed by atoms with Crippen LogP contribution in [0.3, 0.4) is 0 Å². The number of ketones is 1. The van der Waals surface area contributed by atoms with Crippen molar-refractivity contribution >= 4 is 33.4 Å². The molecule has 0 radical (unpaired) electrons. The Morgan fingerprint density at radius 2 is 1.77 bits per heavy atom. The van der Waals surface area contributed by atoms with Crippen LogP contribution in [0, 0.1) is 6.92 Å². The summed E-state index contributed by atoms with van der Waals surface area (Å²) < 4.78 is 0.858. The minimum atomic E-state index is -0.683. The van der Waals surface area contributed by atoms with E-state index in [0.29, 0.717) is 5.56 Å². The number of halogens is 1. The van der Waals surface area contributed by atoms with Gasteiger partial charge < -0.3 is 10.0 Å². The lowest BCUT2D eigenvalue weighted by molar-refractivity contribution is -0.139. The van der Waals surface area contributed by atoms with Gasteiger partial charge in [0.15, 0.2) is 0 Å². The third-order valence-corrected chi connectivity index (χ3v) is 4.91. The maximum absolute atomic E-state index is 12.7. The van der Waals surface area contributed by atoms with E-state index in [9.17, 15) is 14.7 Å². The molecule has 1 N–H and O–H groups in total. The second-order valence-corrected chi connectivity index (χ2v) is 7.07. The van der Waals surface area contributed by atoms with Crippen LogP contribution < -0.4 is 0 Å². The van der Waals surface area contributed by atoms with Crippen molar-refractivity contribution in [1.29, 1.82) is 0 Å². The van der Waals surface area contributed by atoms with E-state index in [0.717, 1.165) is 15.6 Å². The number of aliphatic hydroxyl groups is 1. The summed E-state index contributed by atoms with van der Waals surface area (Å²) in [6.45, 7) is 5.86. The number of rotatable bonds is 4. The topological polar surface area (TPSA) is 57.6 Å². The van der Waals surface area contributed by atoms with Crippen molar-refractivity contribution in [2.45, 2.75) is 13.0 Å². The Morgan fingerprint density at radius 1 is 1.15 bits per heavy atom.